The molecule has 3 nitrogen and oxygen atoms in total. The number of aliphatic hydroxyl groups is 1. The predicted octanol–water partition coefficient (Wildman–Crippen LogP) is 0.547. The van der Waals surface area contributed by atoms with Crippen molar-refractivity contribution in [3.05, 3.63) is 0 Å². The van der Waals surface area contributed by atoms with Gasteiger partial charge >= 0.3 is 0 Å². The second-order valence-electron chi connectivity index (χ2n) is 3.75. The van der Waals surface area contributed by atoms with Gasteiger partial charge in [0.2, 0.25) is 0 Å². The van der Waals surface area contributed by atoms with Gasteiger partial charge in [0.15, 0.2) is 0 Å². The van der Waals surface area contributed by atoms with E-state index in [0.29, 0.717) is 0 Å². The number of ether oxygens (including phenoxy) is 1. The molecule has 0 unspecified atom stereocenters. The van der Waals surface area contributed by atoms with Crippen LogP contribution < -0.4 is 0 Å². The Hall–Kier alpha value is -1.03. The molecule has 13 heavy (non-hydrogen) atoms. The second kappa shape index (κ2) is 3.03. The fourth-order valence-electron chi connectivity index (χ4n) is 1.53. The molecular weight excluding hydrogens is 166 g/mol. The van der Waals surface area contributed by atoms with Gasteiger partial charge < -0.3 is 9.84 Å². The summed E-state index contributed by atoms with van der Waals surface area (Å²) < 4.78 is 4.95. The zero-order chi connectivity index (χ0) is 10.1. The second-order valence-corrected chi connectivity index (χ2v) is 3.75. The smallest absolute Gasteiger partial charge is 0.150 e. The molecule has 1 aliphatic heterocycles. The third-order valence-corrected chi connectivity index (χ3v) is 2.70. The third kappa shape index (κ3) is 1.13. The lowest BCUT2D eigenvalue weighted by Crippen LogP contribution is -2.61. The van der Waals surface area contributed by atoms with E-state index in [0.717, 1.165) is 0 Å². The van der Waals surface area contributed by atoms with Crippen LogP contribution in [0, 0.1) is 35.0 Å². The Morgan fingerprint density at radius 2 is 2.15 bits per heavy atom. The Morgan fingerprint density at radius 3 is 2.23 bits per heavy atom. The van der Waals surface area contributed by atoms with Crippen molar-refractivity contribution in [3.8, 4) is 18.4 Å². The van der Waals surface area contributed by atoms with E-state index in [1.165, 1.54) is 0 Å². The van der Waals surface area contributed by atoms with Gasteiger partial charge in [-0.1, -0.05) is 19.8 Å². The number of hydrogen-bond donors (Lipinski definition) is 1. The molecule has 0 spiro atoms. The number of terminal acetylenes is 1. The molecule has 1 N–H and O–H groups in total. The van der Waals surface area contributed by atoms with Gasteiger partial charge in [-0.05, 0) is 5.92 Å². The van der Waals surface area contributed by atoms with Gasteiger partial charge in [0.1, 0.15) is 11.0 Å². The Bertz CT molecular complexity index is 280. The average Bonchev–Trinajstić information content (AvgIpc) is 2.02. The van der Waals surface area contributed by atoms with Crippen molar-refractivity contribution < 1.29 is 9.84 Å². The normalized spacial score (nSPS) is 23.8. The maximum Gasteiger partial charge on any atom is 0.150 e. The van der Waals surface area contributed by atoms with Crippen LogP contribution in [-0.2, 0) is 4.74 Å². The molecule has 0 aromatic heterocycles. The van der Waals surface area contributed by atoms with Gasteiger partial charge in [-0.25, -0.2) is 0 Å². The highest BCUT2D eigenvalue weighted by molar-refractivity contribution is 5.27. The van der Waals surface area contributed by atoms with E-state index >= 15 is 0 Å². The van der Waals surface area contributed by atoms with Crippen LogP contribution >= 0.6 is 0 Å². The molecule has 0 bridgehead atoms. The van der Waals surface area contributed by atoms with E-state index in [-0.39, 0.29) is 19.1 Å². The summed E-state index contributed by atoms with van der Waals surface area (Å²) in [4.78, 5) is 0. The lowest BCUT2D eigenvalue weighted by molar-refractivity contribution is -0.180. The van der Waals surface area contributed by atoms with Crippen LogP contribution in [0.1, 0.15) is 13.8 Å². The highest BCUT2D eigenvalue weighted by Crippen LogP contribution is 2.42. The molecule has 1 heterocycles. The summed E-state index contributed by atoms with van der Waals surface area (Å²) in [6.45, 7) is 4.05. The van der Waals surface area contributed by atoms with Crippen molar-refractivity contribution in [3.63, 3.8) is 0 Å². The fourth-order valence-corrected chi connectivity index (χ4v) is 1.53. The number of hydrogen-bond acceptors (Lipinski definition) is 3. The lowest BCUT2D eigenvalue weighted by atomic mass is 9.66. The highest BCUT2D eigenvalue weighted by atomic mass is 16.5. The summed E-state index contributed by atoms with van der Waals surface area (Å²) in [5, 5.41) is 19.1. The van der Waals surface area contributed by atoms with Crippen molar-refractivity contribution in [2.24, 2.45) is 11.3 Å². The quantitative estimate of drug-likeness (QED) is 0.630. The number of nitriles is 1. The van der Waals surface area contributed by atoms with Gasteiger partial charge in [0.05, 0.1) is 19.3 Å². The molecule has 0 saturated carbocycles. The molecule has 1 rings (SSSR count). The van der Waals surface area contributed by atoms with Crippen molar-refractivity contribution in [1.29, 1.82) is 5.26 Å². The Kier molecular flexibility index (Phi) is 2.34. The lowest BCUT2D eigenvalue weighted by Gasteiger charge is -2.46. The van der Waals surface area contributed by atoms with E-state index in [4.69, 9.17) is 16.4 Å². The average molecular weight is 179 g/mol. The van der Waals surface area contributed by atoms with Gasteiger partial charge in [-0.2, -0.15) is 5.26 Å². The van der Waals surface area contributed by atoms with Gasteiger partial charge in [0.25, 0.3) is 0 Å². The summed E-state index contributed by atoms with van der Waals surface area (Å²) in [6, 6.07) is 2.07. The summed E-state index contributed by atoms with van der Waals surface area (Å²) in [5.41, 5.74) is -2.28. The van der Waals surface area contributed by atoms with E-state index in [1.807, 2.05) is 0 Å². The highest BCUT2D eigenvalue weighted by Gasteiger charge is 2.57. The fraction of sp³-hybridized carbons (Fsp3) is 0.700. The standard InChI is InChI=1S/C10H13NO2/c1-4-10(12,8(2)3)9(5-11)6-13-7-9/h1,8,12H,6-7H2,2-3H3/t10-/m1/s1. The first-order valence-corrected chi connectivity index (χ1v) is 4.21. The zero-order valence-corrected chi connectivity index (χ0v) is 7.87. The first-order valence-electron chi connectivity index (χ1n) is 4.21. The molecule has 3 heteroatoms. The van der Waals surface area contributed by atoms with Crippen LogP contribution in [0.5, 0.6) is 0 Å². The van der Waals surface area contributed by atoms with Crippen LogP contribution in [0.4, 0.5) is 0 Å². The van der Waals surface area contributed by atoms with Crippen molar-refractivity contribution in [2.75, 3.05) is 13.2 Å². The Morgan fingerprint density at radius 1 is 1.62 bits per heavy atom. The van der Waals surface area contributed by atoms with Crippen LogP contribution in [0.25, 0.3) is 0 Å². The molecule has 1 aliphatic rings. The maximum atomic E-state index is 10.1. The Labute approximate surface area is 78.3 Å². The minimum atomic E-state index is -1.37. The Balaban J connectivity index is 3.03. The van der Waals surface area contributed by atoms with Crippen molar-refractivity contribution in [1.82, 2.24) is 0 Å². The van der Waals surface area contributed by atoms with Crippen LogP contribution in [0.15, 0.2) is 0 Å². The van der Waals surface area contributed by atoms with Gasteiger partial charge in [0, 0.05) is 0 Å². The molecule has 0 aromatic carbocycles. The monoisotopic (exact) mass is 179 g/mol. The molecule has 1 atom stereocenters. The molecule has 1 saturated heterocycles. The topological polar surface area (TPSA) is 53.2 Å². The van der Waals surface area contributed by atoms with Crippen LogP contribution in [0.2, 0.25) is 0 Å². The summed E-state index contributed by atoms with van der Waals surface area (Å²) in [6.07, 6.45) is 5.27. The van der Waals surface area contributed by atoms with E-state index in [2.05, 4.69) is 12.0 Å². The molecule has 0 radical (unpaired) electrons. The van der Waals surface area contributed by atoms with E-state index in [9.17, 15) is 5.11 Å². The third-order valence-electron chi connectivity index (χ3n) is 2.70. The van der Waals surface area contributed by atoms with E-state index in [1.54, 1.807) is 13.8 Å². The summed E-state index contributed by atoms with van der Waals surface area (Å²) >= 11 is 0. The molecule has 0 amide bonds. The van der Waals surface area contributed by atoms with Crippen LogP contribution in [0.3, 0.4) is 0 Å². The first-order chi connectivity index (χ1) is 6.02. The molecule has 0 aromatic rings. The minimum absolute atomic E-state index is 0.152. The maximum absolute atomic E-state index is 10.1. The largest absolute Gasteiger partial charge is 0.378 e. The molecule has 70 valence electrons. The summed E-state index contributed by atoms with van der Waals surface area (Å²) in [7, 11) is 0. The predicted molar refractivity (Wildman–Crippen MR) is 47.5 cm³/mol. The molecule has 1 fully saturated rings. The van der Waals surface area contributed by atoms with Crippen LogP contribution in [-0.4, -0.2) is 23.9 Å². The van der Waals surface area contributed by atoms with Crippen molar-refractivity contribution >= 4 is 0 Å². The van der Waals surface area contributed by atoms with Gasteiger partial charge in [-0.3, -0.25) is 0 Å². The first kappa shape index (κ1) is 10.1. The van der Waals surface area contributed by atoms with Gasteiger partial charge in [-0.15, -0.1) is 6.42 Å². The van der Waals surface area contributed by atoms with E-state index < -0.39 is 11.0 Å². The van der Waals surface area contributed by atoms with Crippen molar-refractivity contribution in [2.45, 2.75) is 19.4 Å². The molecule has 0 aliphatic carbocycles. The zero-order valence-electron chi connectivity index (χ0n) is 7.87. The SMILES string of the molecule is C#C[C@@](O)(C(C)C)C1(C#N)COC1. The summed E-state index contributed by atoms with van der Waals surface area (Å²) in [5.74, 6) is 2.17. The molecular formula is C10H13NO2. The minimum Gasteiger partial charge on any atom is -0.378 e. The number of nitrogens with zero attached hydrogens (tertiary/aromatic N) is 1. The number of rotatable bonds is 2.